The summed E-state index contributed by atoms with van der Waals surface area (Å²) in [5, 5.41) is 9.84. The minimum atomic E-state index is -4.31. The van der Waals surface area contributed by atoms with Gasteiger partial charge in [-0.05, 0) is 12.1 Å². The third-order valence-electron chi connectivity index (χ3n) is 5.25. The maximum atomic E-state index is 12.8. The molecule has 0 aliphatic carbocycles. The van der Waals surface area contributed by atoms with Gasteiger partial charge in [-0.25, -0.2) is 0 Å². The van der Waals surface area contributed by atoms with Crippen LogP contribution in [0.5, 0.6) is 0 Å². The largest absolute Gasteiger partial charge is 1.00 e. The van der Waals surface area contributed by atoms with Crippen LogP contribution in [0.2, 0.25) is 0 Å². The van der Waals surface area contributed by atoms with Gasteiger partial charge in [-0.1, -0.05) is 42.5 Å². The molecular formula is C20H23BrF3NO. The van der Waals surface area contributed by atoms with Crippen molar-refractivity contribution in [3.63, 3.8) is 0 Å². The van der Waals surface area contributed by atoms with Crippen molar-refractivity contribution in [3.8, 4) is 0 Å². The molecule has 1 saturated heterocycles. The monoisotopic (exact) mass is 429 g/mol. The number of hydrogen-bond acceptors (Lipinski definition) is 1. The molecule has 2 atom stereocenters. The lowest BCUT2D eigenvalue weighted by molar-refractivity contribution is -0.964. The van der Waals surface area contributed by atoms with Gasteiger partial charge in [0.25, 0.3) is 0 Å². The number of alkyl halides is 3. The molecule has 1 N–H and O–H groups in total. The predicted molar refractivity (Wildman–Crippen MR) is 90.5 cm³/mol. The van der Waals surface area contributed by atoms with Gasteiger partial charge in [-0.2, -0.15) is 13.2 Å². The van der Waals surface area contributed by atoms with Crippen LogP contribution in [0.1, 0.15) is 29.5 Å². The standard InChI is InChI=1S/C20H23F3NO.BrH/c21-20(22,23)18-10-8-17(9-11-18)14-24(12-4-7-19(24)15-25)13-16-5-2-1-3-6-16;/h1-3,5-6,8-11,19,25H,4,7,12-15H2;1H/q+1;/p-1/t19-,24?;/m0./s1. The van der Waals surface area contributed by atoms with E-state index in [0.29, 0.717) is 11.0 Å². The molecule has 3 rings (SSSR count). The fourth-order valence-corrected chi connectivity index (χ4v) is 3.94. The number of benzene rings is 2. The summed E-state index contributed by atoms with van der Waals surface area (Å²) in [4.78, 5) is 0. The summed E-state index contributed by atoms with van der Waals surface area (Å²) in [6.07, 6.45) is -2.33. The molecule has 26 heavy (non-hydrogen) atoms. The molecule has 1 aliphatic heterocycles. The molecule has 2 aromatic carbocycles. The summed E-state index contributed by atoms with van der Waals surface area (Å²) in [6, 6.07) is 15.7. The molecule has 142 valence electrons. The van der Waals surface area contributed by atoms with Gasteiger partial charge in [0, 0.05) is 24.0 Å². The Morgan fingerprint density at radius 1 is 0.923 bits per heavy atom. The Bertz CT molecular complexity index is 690. The molecule has 1 unspecified atom stereocenters. The van der Waals surface area contributed by atoms with E-state index in [-0.39, 0.29) is 29.6 Å². The maximum Gasteiger partial charge on any atom is 0.416 e. The van der Waals surface area contributed by atoms with Gasteiger partial charge in [0.2, 0.25) is 0 Å². The number of hydrogen-bond donors (Lipinski definition) is 1. The number of aliphatic hydroxyl groups is 1. The second-order valence-corrected chi connectivity index (χ2v) is 6.92. The zero-order valence-corrected chi connectivity index (χ0v) is 16.0. The molecule has 0 spiro atoms. The highest BCUT2D eigenvalue weighted by Crippen LogP contribution is 2.34. The predicted octanol–water partition coefficient (Wildman–Crippen LogP) is 1.38. The molecule has 0 saturated carbocycles. The Labute approximate surface area is 162 Å². The Morgan fingerprint density at radius 2 is 1.50 bits per heavy atom. The second-order valence-electron chi connectivity index (χ2n) is 6.92. The molecule has 0 bridgehead atoms. The third kappa shape index (κ3) is 4.67. The van der Waals surface area contributed by atoms with E-state index in [4.69, 9.17) is 0 Å². The van der Waals surface area contributed by atoms with Crippen LogP contribution in [0.3, 0.4) is 0 Å². The minimum Gasteiger partial charge on any atom is -1.00 e. The van der Waals surface area contributed by atoms with E-state index in [0.717, 1.165) is 43.6 Å². The summed E-state index contributed by atoms with van der Waals surface area (Å²) in [6.45, 7) is 2.46. The molecular weight excluding hydrogens is 407 g/mol. The normalized spacial score (nSPS) is 22.8. The van der Waals surface area contributed by atoms with Crippen LogP contribution < -0.4 is 17.0 Å². The summed E-state index contributed by atoms with van der Waals surface area (Å²) >= 11 is 0. The summed E-state index contributed by atoms with van der Waals surface area (Å²) in [5.74, 6) is 0. The molecule has 2 nitrogen and oxygen atoms in total. The molecule has 2 aromatic rings. The molecule has 0 aromatic heterocycles. The zero-order valence-electron chi connectivity index (χ0n) is 14.4. The van der Waals surface area contributed by atoms with Crippen molar-refractivity contribution in [1.82, 2.24) is 0 Å². The van der Waals surface area contributed by atoms with Crippen LogP contribution in [0.4, 0.5) is 13.2 Å². The third-order valence-corrected chi connectivity index (χ3v) is 5.25. The van der Waals surface area contributed by atoms with Crippen LogP contribution in [-0.2, 0) is 19.3 Å². The van der Waals surface area contributed by atoms with E-state index in [1.165, 1.54) is 5.56 Å². The van der Waals surface area contributed by atoms with Crippen molar-refractivity contribution in [2.45, 2.75) is 38.1 Å². The average Bonchev–Trinajstić information content (AvgIpc) is 2.97. The SMILES string of the molecule is OC[C@@H]1CCC[N+]1(Cc1ccccc1)Cc1ccc(C(F)(F)F)cc1.[Br-]. The number of rotatable bonds is 5. The van der Waals surface area contributed by atoms with Crippen molar-refractivity contribution in [2.24, 2.45) is 0 Å². The lowest BCUT2D eigenvalue weighted by Gasteiger charge is -2.40. The lowest BCUT2D eigenvalue weighted by atomic mass is 10.1. The van der Waals surface area contributed by atoms with Gasteiger partial charge >= 0.3 is 6.18 Å². The highest BCUT2D eigenvalue weighted by molar-refractivity contribution is 5.24. The van der Waals surface area contributed by atoms with Gasteiger partial charge in [0.05, 0.1) is 18.7 Å². The van der Waals surface area contributed by atoms with E-state index in [2.05, 4.69) is 12.1 Å². The van der Waals surface area contributed by atoms with Crippen molar-refractivity contribution >= 4 is 0 Å². The number of aliphatic hydroxyl groups excluding tert-OH is 1. The highest BCUT2D eigenvalue weighted by Gasteiger charge is 2.41. The summed E-state index contributed by atoms with van der Waals surface area (Å²) in [5.41, 5.74) is 1.45. The summed E-state index contributed by atoms with van der Waals surface area (Å²) < 4.78 is 39.0. The van der Waals surface area contributed by atoms with Crippen LogP contribution in [0.15, 0.2) is 54.6 Å². The quantitative estimate of drug-likeness (QED) is 0.711. The number of likely N-dealkylation sites (tertiary alicyclic amines) is 1. The van der Waals surface area contributed by atoms with Crippen LogP contribution in [0.25, 0.3) is 0 Å². The Morgan fingerprint density at radius 3 is 2.04 bits per heavy atom. The molecule has 6 heteroatoms. The number of halogens is 4. The maximum absolute atomic E-state index is 12.8. The van der Waals surface area contributed by atoms with Crippen molar-refractivity contribution in [1.29, 1.82) is 0 Å². The van der Waals surface area contributed by atoms with Gasteiger partial charge < -0.3 is 26.6 Å². The fraction of sp³-hybridized carbons (Fsp3) is 0.400. The first-order valence-corrected chi connectivity index (χ1v) is 8.60. The van der Waals surface area contributed by atoms with E-state index in [1.54, 1.807) is 12.1 Å². The lowest BCUT2D eigenvalue weighted by Crippen LogP contribution is -3.00. The molecule has 0 amide bonds. The molecule has 1 fully saturated rings. The number of quaternary nitrogens is 1. The van der Waals surface area contributed by atoms with Gasteiger partial charge in [0.1, 0.15) is 19.1 Å². The van der Waals surface area contributed by atoms with Crippen molar-refractivity contribution in [2.75, 3.05) is 13.2 Å². The van der Waals surface area contributed by atoms with Crippen molar-refractivity contribution in [3.05, 3.63) is 71.3 Å². The Balaban J connectivity index is 0.00000243. The van der Waals surface area contributed by atoms with Gasteiger partial charge in [0.15, 0.2) is 0 Å². The summed E-state index contributed by atoms with van der Waals surface area (Å²) in [7, 11) is 0. The Hall–Kier alpha value is -1.37. The van der Waals surface area contributed by atoms with E-state index in [9.17, 15) is 18.3 Å². The number of nitrogens with zero attached hydrogens (tertiary/aromatic N) is 1. The van der Waals surface area contributed by atoms with E-state index < -0.39 is 11.7 Å². The first-order valence-electron chi connectivity index (χ1n) is 8.60. The topological polar surface area (TPSA) is 20.2 Å². The van der Waals surface area contributed by atoms with E-state index >= 15 is 0 Å². The van der Waals surface area contributed by atoms with Gasteiger partial charge in [-0.3, -0.25) is 0 Å². The van der Waals surface area contributed by atoms with E-state index in [1.807, 2.05) is 18.2 Å². The zero-order chi connectivity index (χ0) is 17.9. The Kier molecular flexibility index (Phi) is 6.88. The average molecular weight is 430 g/mol. The van der Waals surface area contributed by atoms with Crippen molar-refractivity contribution < 1.29 is 39.7 Å². The first kappa shape index (κ1) is 20.9. The van der Waals surface area contributed by atoms with Gasteiger partial charge in [-0.15, -0.1) is 0 Å². The smallest absolute Gasteiger partial charge is 0.416 e. The van der Waals surface area contributed by atoms with Crippen LogP contribution in [0, 0.1) is 0 Å². The highest BCUT2D eigenvalue weighted by atomic mass is 79.9. The first-order chi connectivity index (χ1) is 11.9. The van der Waals surface area contributed by atoms with Crippen LogP contribution >= 0.6 is 0 Å². The molecule has 1 heterocycles. The minimum absolute atomic E-state index is 0. The molecule has 1 aliphatic rings. The van der Waals surface area contributed by atoms with Crippen LogP contribution in [-0.4, -0.2) is 28.8 Å². The second kappa shape index (κ2) is 8.55. The fourth-order valence-electron chi connectivity index (χ4n) is 3.94. The molecule has 0 radical (unpaired) electrons.